The fourth-order valence-electron chi connectivity index (χ4n) is 1.34. The lowest BCUT2D eigenvalue weighted by atomic mass is 10.1. The minimum Gasteiger partial charge on any atom is -0.480 e. The second-order valence-electron chi connectivity index (χ2n) is 3.71. The molecule has 1 rings (SSSR count). The molecule has 0 aliphatic rings. The summed E-state index contributed by atoms with van der Waals surface area (Å²) < 4.78 is 13.2. The Labute approximate surface area is 107 Å². The number of aliphatic carboxylic acids is 1. The van der Waals surface area contributed by atoms with Gasteiger partial charge in [0.05, 0.1) is 5.56 Å². The Hall–Kier alpha value is -2.51. The Kier molecular flexibility index (Phi) is 4.92. The molecule has 0 fully saturated rings. The van der Waals surface area contributed by atoms with Crippen LogP contribution in [0.2, 0.25) is 0 Å². The molecule has 0 radical (unpaired) electrons. The summed E-state index contributed by atoms with van der Waals surface area (Å²) in [6.07, 6.45) is 0.791. The standard InChI is InChI=1S/C11H12FN3O4/c12-9-6(2-1-5-14-9)10(17)15-7(11(18)19)3-4-8(13)16/h1-2,5,7H,3-4H2,(H2,13,16)(H,15,17)(H,18,19). The van der Waals surface area contributed by atoms with E-state index in [-0.39, 0.29) is 18.4 Å². The van der Waals surface area contributed by atoms with Crippen LogP contribution in [0.3, 0.4) is 0 Å². The van der Waals surface area contributed by atoms with Gasteiger partial charge in [-0.15, -0.1) is 0 Å². The van der Waals surface area contributed by atoms with Gasteiger partial charge in [-0.3, -0.25) is 9.59 Å². The minimum absolute atomic E-state index is 0.168. The van der Waals surface area contributed by atoms with Crippen molar-refractivity contribution < 1.29 is 23.9 Å². The van der Waals surface area contributed by atoms with E-state index in [0.717, 1.165) is 6.20 Å². The summed E-state index contributed by atoms with van der Waals surface area (Å²) in [5, 5.41) is 11.0. The Morgan fingerprint density at radius 3 is 2.68 bits per heavy atom. The predicted octanol–water partition coefficient (Wildman–Crippen LogP) is -0.331. The molecule has 1 heterocycles. The number of pyridine rings is 1. The number of nitrogens with zero attached hydrogens (tertiary/aromatic N) is 1. The predicted molar refractivity (Wildman–Crippen MR) is 61.5 cm³/mol. The van der Waals surface area contributed by atoms with Gasteiger partial charge in [-0.25, -0.2) is 9.78 Å². The molecule has 1 aromatic rings. The first-order valence-electron chi connectivity index (χ1n) is 5.34. The van der Waals surface area contributed by atoms with Gasteiger partial charge in [-0.1, -0.05) is 0 Å². The molecular formula is C11H12FN3O4. The van der Waals surface area contributed by atoms with E-state index in [1.165, 1.54) is 12.1 Å². The molecule has 8 heteroatoms. The summed E-state index contributed by atoms with van der Waals surface area (Å²) in [4.78, 5) is 36.4. The Morgan fingerprint density at radius 1 is 1.47 bits per heavy atom. The summed E-state index contributed by atoms with van der Waals surface area (Å²) in [5.41, 5.74) is 4.52. The van der Waals surface area contributed by atoms with Crippen molar-refractivity contribution in [2.45, 2.75) is 18.9 Å². The van der Waals surface area contributed by atoms with E-state index in [1.54, 1.807) is 0 Å². The van der Waals surface area contributed by atoms with Crippen LogP contribution in [0.25, 0.3) is 0 Å². The minimum atomic E-state index is -1.33. The maximum absolute atomic E-state index is 13.2. The van der Waals surface area contributed by atoms with Gasteiger partial charge in [0.15, 0.2) is 0 Å². The summed E-state index contributed by atoms with van der Waals surface area (Å²) in [7, 11) is 0. The number of nitrogens with one attached hydrogen (secondary N) is 1. The average Bonchev–Trinajstić information content (AvgIpc) is 2.34. The van der Waals surface area contributed by atoms with Crippen LogP contribution in [0.15, 0.2) is 18.3 Å². The number of halogens is 1. The molecule has 0 aliphatic heterocycles. The molecule has 0 spiro atoms. The number of aromatic nitrogens is 1. The highest BCUT2D eigenvalue weighted by atomic mass is 19.1. The SMILES string of the molecule is NC(=O)CCC(NC(=O)c1cccnc1F)C(=O)O. The number of nitrogens with two attached hydrogens (primary N) is 1. The van der Waals surface area contributed by atoms with Gasteiger partial charge in [0, 0.05) is 12.6 Å². The highest BCUT2D eigenvalue weighted by molar-refractivity contribution is 5.96. The van der Waals surface area contributed by atoms with E-state index in [9.17, 15) is 18.8 Å². The molecular weight excluding hydrogens is 257 g/mol. The number of carbonyl (C=O) groups excluding carboxylic acids is 2. The highest BCUT2D eigenvalue weighted by Gasteiger charge is 2.22. The van der Waals surface area contributed by atoms with Crippen molar-refractivity contribution in [2.75, 3.05) is 0 Å². The molecule has 0 saturated carbocycles. The number of carbonyl (C=O) groups is 3. The van der Waals surface area contributed by atoms with Crippen molar-refractivity contribution in [3.05, 3.63) is 29.8 Å². The van der Waals surface area contributed by atoms with Crippen molar-refractivity contribution in [3.63, 3.8) is 0 Å². The molecule has 1 atom stereocenters. The third-order valence-electron chi connectivity index (χ3n) is 2.29. The topological polar surface area (TPSA) is 122 Å². The normalized spacial score (nSPS) is 11.6. The van der Waals surface area contributed by atoms with Gasteiger partial charge in [0.2, 0.25) is 11.9 Å². The first-order valence-corrected chi connectivity index (χ1v) is 5.34. The van der Waals surface area contributed by atoms with Crippen LogP contribution in [0.5, 0.6) is 0 Å². The van der Waals surface area contributed by atoms with Crippen LogP contribution in [-0.2, 0) is 9.59 Å². The maximum atomic E-state index is 13.2. The Morgan fingerprint density at radius 2 is 2.16 bits per heavy atom. The average molecular weight is 269 g/mol. The van der Waals surface area contributed by atoms with Gasteiger partial charge in [-0.2, -0.15) is 4.39 Å². The molecule has 1 unspecified atom stereocenters. The van der Waals surface area contributed by atoms with Crippen molar-refractivity contribution in [2.24, 2.45) is 5.73 Å². The second-order valence-corrected chi connectivity index (χ2v) is 3.71. The van der Waals surface area contributed by atoms with E-state index < -0.39 is 29.8 Å². The monoisotopic (exact) mass is 269 g/mol. The molecule has 2 amide bonds. The molecule has 0 bridgehead atoms. The van der Waals surface area contributed by atoms with E-state index in [0.29, 0.717) is 0 Å². The first-order chi connectivity index (χ1) is 8.91. The Bertz CT molecular complexity index is 506. The van der Waals surface area contributed by atoms with E-state index >= 15 is 0 Å². The lowest BCUT2D eigenvalue weighted by Gasteiger charge is -2.13. The highest BCUT2D eigenvalue weighted by Crippen LogP contribution is 2.05. The zero-order chi connectivity index (χ0) is 14.4. The number of amides is 2. The largest absolute Gasteiger partial charge is 0.480 e. The van der Waals surface area contributed by atoms with Crippen LogP contribution >= 0.6 is 0 Å². The third kappa shape index (κ3) is 4.34. The van der Waals surface area contributed by atoms with Gasteiger partial charge >= 0.3 is 5.97 Å². The summed E-state index contributed by atoms with van der Waals surface area (Å²) in [6.45, 7) is 0. The fraction of sp³-hybridized carbons (Fsp3) is 0.273. The van der Waals surface area contributed by atoms with Crippen LogP contribution in [0, 0.1) is 5.95 Å². The maximum Gasteiger partial charge on any atom is 0.326 e. The van der Waals surface area contributed by atoms with E-state index in [1.807, 2.05) is 0 Å². The fourth-order valence-corrected chi connectivity index (χ4v) is 1.34. The number of hydrogen-bond acceptors (Lipinski definition) is 4. The van der Waals surface area contributed by atoms with Crippen LogP contribution in [0.4, 0.5) is 4.39 Å². The lowest BCUT2D eigenvalue weighted by molar-refractivity contribution is -0.139. The quantitative estimate of drug-likeness (QED) is 0.610. The zero-order valence-electron chi connectivity index (χ0n) is 9.80. The lowest BCUT2D eigenvalue weighted by Crippen LogP contribution is -2.41. The number of carboxylic acid groups (broad SMARTS) is 1. The van der Waals surface area contributed by atoms with Gasteiger partial charge in [-0.05, 0) is 18.6 Å². The molecule has 1 aromatic heterocycles. The smallest absolute Gasteiger partial charge is 0.326 e. The molecule has 4 N–H and O–H groups in total. The van der Waals surface area contributed by atoms with Crippen molar-refractivity contribution in [1.29, 1.82) is 0 Å². The van der Waals surface area contributed by atoms with Crippen molar-refractivity contribution in [1.82, 2.24) is 10.3 Å². The summed E-state index contributed by atoms with van der Waals surface area (Å²) in [6, 6.07) is 1.20. The van der Waals surface area contributed by atoms with Gasteiger partial charge in [0.1, 0.15) is 6.04 Å². The Balaban J connectivity index is 2.74. The van der Waals surface area contributed by atoms with Crippen LogP contribution in [0.1, 0.15) is 23.2 Å². The number of hydrogen-bond donors (Lipinski definition) is 3. The zero-order valence-corrected chi connectivity index (χ0v) is 9.80. The van der Waals surface area contributed by atoms with Gasteiger partial charge in [0.25, 0.3) is 5.91 Å². The van der Waals surface area contributed by atoms with E-state index in [2.05, 4.69) is 10.3 Å². The first kappa shape index (κ1) is 14.6. The number of primary amides is 1. The summed E-state index contributed by atoms with van der Waals surface area (Å²) in [5.74, 6) is -3.94. The number of carboxylic acids is 1. The molecule has 0 aliphatic carbocycles. The van der Waals surface area contributed by atoms with Crippen molar-refractivity contribution >= 4 is 17.8 Å². The second kappa shape index (κ2) is 6.43. The molecule has 19 heavy (non-hydrogen) atoms. The molecule has 7 nitrogen and oxygen atoms in total. The van der Waals surface area contributed by atoms with Gasteiger partial charge < -0.3 is 16.2 Å². The van der Waals surface area contributed by atoms with Crippen LogP contribution in [-0.4, -0.2) is 33.9 Å². The molecule has 0 saturated heterocycles. The summed E-state index contributed by atoms with van der Waals surface area (Å²) >= 11 is 0. The third-order valence-corrected chi connectivity index (χ3v) is 2.29. The molecule has 0 aromatic carbocycles. The molecule has 102 valence electrons. The van der Waals surface area contributed by atoms with Crippen molar-refractivity contribution in [3.8, 4) is 0 Å². The van der Waals surface area contributed by atoms with Crippen LogP contribution < -0.4 is 11.1 Å². The van der Waals surface area contributed by atoms with E-state index in [4.69, 9.17) is 10.8 Å². The number of rotatable bonds is 6.